The molecule has 1 aliphatic heterocycles. The van der Waals surface area contributed by atoms with Gasteiger partial charge in [-0.2, -0.15) is 13.2 Å². The van der Waals surface area contributed by atoms with E-state index in [0.29, 0.717) is 25.9 Å². The van der Waals surface area contributed by atoms with E-state index in [9.17, 15) is 22.8 Å². The Bertz CT molecular complexity index is 1150. The Hall–Kier alpha value is -3.39. The zero-order chi connectivity index (χ0) is 23.4. The molecule has 0 aromatic heterocycles. The van der Waals surface area contributed by atoms with Gasteiger partial charge in [0.05, 0.1) is 12.1 Å². The van der Waals surface area contributed by atoms with E-state index < -0.39 is 11.7 Å². The SMILES string of the molecule is O=C(CN1CCC(C(=O)Nc2cccc(C(F)(F)F)c2)CC1)Nc1cccc2ccccc12. The third-order valence-electron chi connectivity index (χ3n) is 5.85. The molecule has 3 aromatic rings. The second kappa shape index (κ2) is 9.62. The molecule has 0 unspecified atom stereocenters. The van der Waals surface area contributed by atoms with Crippen molar-refractivity contribution in [3.8, 4) is 0 Å². The number of nitrogens with one attached hydrogen (secondary N) is 2. The Morgan fingerprint density at radius 1 is 0.909 bits per heavy atom. The van der Waals surface area contributed by atoms with Crippen molar-refractivity contribution in [2.75, 3.05) is 30.3 Å². The van der Waals surface area contributed by atoms with Gasteiger partial charge in [0.2, 0.25) is 11.8 Å². The lowest BCUT2D eigenvalue weighted by Gasteiger charge is -2.30. The molecule has 0 aliphatic carbocycles. The van der Waals surface area contributed by atoms with Crippen molar-refractivity contribution in [1.82, 2.24) is 4.90 Å². The van der Waals surface area contributed by atoms with Gasteiger partial charge in [-0.15, -0.1) is 0 Å². The fourth-order valence-electron chi connectivity index (χ4n) is 4.10. The number of hydrogen-bond donors (Lipinski definition) is 2. The van der Waals surface area contributed by atoms with Gasteiger partial charge in [0.1, 0.15) is 0 Å². The van der Waals surface area contributed by atoms with E-state index in [1.54, 1.807) is 0 Å². The van der Waals surface area contributed by atoms with Crippen LogP contribution in [0.2, 0.25) is 0 Å². The first-order chi connectivity index (χ1) is 15.8. The largest absolute Gasteiger partial charge is 0.416 e. The smallest absolute Gasteiger partial charge is 0.326 e. The quantitative estimate of drug-likeness (QED) is 0.560. The second-order valence-corrected chi connectivity index (χ2v) is 8.19. The van der Waals surface area contributed by atoms with Crippen LogP contribution in [-0.4, -0.2) is 36.3 Å². The number of piperidine rings is 1. The molecule has 2 amide bonds. The molecule has 33 heavy (non-hydrogen) atoms. The summed E-state index contributed by atoms with van der Waals surface area (Å²) in [5.74, 6) is -0.732. The van der Waals surface area contributed by atoms with Gasteiger partial charge in [0, 0.05) is 22.7 Å². The molecule has 2 N–H and O–H groups in total. The first kappa shape index (κ1) is 22.8. The summed E-state index contributed by atoms with van der Waals surface area (Å²) in [4.78, 5) is 27.1. The molecular weight excluding hydrogens is 431 g/mol. The van der Waals surface area contributed by atoms with Crippen LogP contribution in [0.15, 0.2) is 66.7 Å². The van der Waals surface area contributed by atoms with Crippen LogP contribution in [0.1, 0.15) is 18.4 Å². The number of alkyl halides is 3. The lowest BCUT2D eigenvalue weighted by Crippen LogP contribution is -2.41. The normalized spacial score (nSPS) is 15.4. The summed E-state index contributed by atoms with van der Waals surface area (Å²) in [6, 6.07) is 18.2. The van der Waals surface area contributed by atoms with E-state index in [0.717, 1.165) is 28.6 Å². The summed E-state index contributed by atoms with van der Waals surface area (Å²) in [5.41, 5.74) is 0.0903. The molecule has 4 rings (SSSR count). The van der Waals surface area contributed by atoms with E-state index in [4.69, 9.17) is 0 Å². The number of anilines is 2. The Balaban J connectivity index is 1.28. The number of carbonyl (C=O) groups is 2. The van der Waals surface area contributed by atoms with Crippen LogP contribution in [0.3, 0.4) is 0 Å². The van der Waals surface area contributed by atoms with Gasteiger partial charge in [-0.1, -0.05) is 42.5 Å². The number of likely N-dealkylation sites (tertiary alicyclic amines) is 1. The maximum atomic E-state index is 12.9. The average Bonchev–Trinajstić information content (AvgIpc) is 2.79. The lowest BCUT2D eigenvalue weighted by molar-refractivity contribution is -0.137. The molecule has 5 nitrogen and oxygen atoms in total. The molecule has 0 bridgehead atoms. The predicted octanol–water partition coefficient (Wildman–Crippen LogP) is 5.15. The van der Waals surface area contributed by atoms with Crippen molar-refractivity contribution >= 4 is 34.0 Å². The molecule has 0 radical (unpaired) electrons. The summed E-state index contributed by atoms with van der Waals surface area (Å²) < 4.78 is 38.6. The van der Waals surface area contributed by atoms with Crippen LogP contribution < -0.4 is 10.6 Å². The van der Waals surface area contributed by atoms with Crippen molar-refractivity contribution in [3.05, 3.63) is 72.3 Å². The summed E-state index contributed by atoms with van der Waals surface area (Å²) in [5, 5.41) is 7.57. The van der Waals surface area contributed by atoms with Crippen molar-refractivity contribution in [1.29, 1.82) is 0 Å². The van der Waals surface area contributed by atoms with E-state index in [1.807, 2.05) is 47.4 Å². The van der Waals surface area contributed by atoms with Gasteiger partial charge >= 0.3 is 6.18 Å². The average molecular weight is 455 g/mol. The molecule has 172 valence electrons. The fraction of sp³-hybridized carbons (Fsp3) is 0.280. The molecule has 0 atom stereocenters. The van der Waals surface area contributed by atoms with Gasteiger partial charge in [0.15, 0.2) is 0 Å². The number of hydrogen-bond acceptors (Lipinski definition) is 3. The molecule has 1 saturated heterocycles. The summed E-state index contributed by atoms with van der Waals surface area (Å²) in [6.45, 7) is 1.33. The van der Waals surface area contributed by atoms with Gasteiger partial charge in [-0.25, -0.2) is 0 Å². The summed E-state index contributed by atoms with van der Waals surface area (Å²) >= 11 is 0. The summed E-state index contributed by atoms with van der Waals surface area (Å²) in [6.07, 6.45) is -3.39. The molecule has 8 heteroatoms. The molecular formula is C25H24F3N3O2. The minimum atomic E-state index is -4.46. The number of rotatable bonds is 5. The third kappa shape index (κ3) is 5.70. The first-order valence-electron chi connectivity index (χ1n) is 10.8. The maximum absolute atomic E-state index is 12.9. The minimum absolute atomic E-state index is 0.127. The Morgan fingerprint density at radius 3 is 2.36 bits per heavy atom. The van der Waals surface area contributed by atoms with Gasteiger partial charge in [-0.05, 0) is 55.6 Å². The fourth-order valence-corrected chi connectivity index (χ4v) is 4.10. The lowest BCUT2D eigenvalue weighted by atomic mass is 9.95. The molecule has 1 heterocycles. The molecule has 0 saturated carbocycles. The van der Waals surface area contributed by atoms with Crippen molar-refractivity contribution in [3.63, 3.8) is 0 Å². The Kier molecular flexibility index (Phi) is 6.65. The Labute approximate surface area is 189 Å². The standard InChI is InChI=1S/C25H24F3N3O2/c26-25(27,28)19-7-4-8-20(15-19)29-24(33)18-11-13-31(14-12-18)16-23(32)30-22-10-3-6-17-5-1-2-9-21(17)22/h1-10,15,18H,11-14,16H2,(H,29,33)(H,30,32). The minimum Gasteiger partial charge on any atom is -0.326 e. The van der Waals surface area contributed by atoms with Crippen LogP contribution in [0.25, 0.3) is 10.8 Å². The second-order valence-electron chi connectivity index (χ2n) is 8.19. The van der Waals surface area contributed by atoms with Crippen LogP contribution in [0.5, 0.6) is 0 Å². The highest BCUT2D eigenvalue weighted by Crippen LogP contribution is 2.31. The van der Waals surface area contributed by atoms with Gasteiger partial charge < -0.3 is 10.6 Å². The van der Waals surface area contributed by atoms with Crippen molar-refractivity contribution < 1.29 is 22.8 Å². The third-order valence-corrected chi connectivity index (χ3v) is 5.85. The van der Waals surface area contributed by atoms with E-state index in [1.165, 1.54) is 12.1 Å². The molecule has 0 spiro atoms. The molecule has 1 fully saturated rings. The maximum Gasteiger partial charge on any atom is 0.416 e. The molecule has 1 aliphatic rings. The van der Waals surface area contributed by atoms with Crippen LogP contribution in [0.4, 0.5) is 24.5 Å². The number of amides is 2. The van der Waals surface area contributed by atoms with Crippen molar-refractivity contribution in [2.45, 2.75) is 19.0 Å². The highest BCUT2D eigenvalue weighted by molar-refractivity contribution is 6.02. The number of halogens is 3. The van der Waals surface area contributed by atoms with Crippen LogP contribution >= 0.6 is 0 Å². The Morgan fingerprint density at radius 2 is 1.61 bits per heavy atom. The monoisotopic (exact) mass is 455 g/mol. The van der Waals surface area contributed by atoms with E-state index >= 15 is 0 Å². The first-order valence-corrected chi connectivity index (χ1v) is 10.8. The summed E-state index contributed by atoms with van der Waals surface area (Å²) in [7, 11) is 0. The topological polar surface area (TPSA) is 61.4 Å². The van der Waals surface area contributed by atoms with Gasteiger partial charge in [0.25, 0.3) is 0 Å². The molecule has 3 aromatic carbocycles. The van der Waals surface area contributed by atoms with E-state index in [-0.39, 0.29) is 30.0 Å². The number of benzene rings is 3. The predicted molar refractivity (Wildman–Crippen MR) is 122 cm³/mol. The van der Waals surface area contributed by atoms with Crippen molar-refractivity contribution in [2.24, 2.45) is 5.92 Å². The highest BCUT2D eigenvalue weighted by atomic mass is 19.4. The highest BCUT2D eigenvalue weighted by Gasteiger charge is 2.31. The zero-order valence-electron chi connectivity index (χ0n) is 17.9. The van der Waals surface area contributed by atoms with Gasteiger partial charge in [-0.3, -0.25) is 14.5 Å². The number of nitrogens with zero attached hydrogens (tertiary/aromatic N) is 1. The zero-order valence-corrected chi connectivity index (χ0v) is 17.9. The van der Waals surface area contributed by atoms with Crippen LogP contribution in [-0.2, 0) is 15.8 Å². The van der Waals surface area contributed by atoms with E-state index in [2.05, 4.69) is 10.6 Å². The number of fused-ring (bicyclic) bond motifs is 1. The number of carbonyl (C=O) groups excluding carboxylic acids is 2. The van der Waals surface area contributed by atoms with Crippen LogP contribution in [0, 0.1) is 5.92 Å².